The molecule has 0 saturated heterocycles. The lowest BCUT2D eigenvalue weighted by Gasteiger charge is -2.15. The Kier molecular flexibility index (Phi) is 11.3. The topological polar surface area (TPSA) is 97.4 Å². The lowest BCUT2D eigenvalue weighted by atomic mass is 10.0. The summed E-state index contributed by atoms with van der Waals surface area (Å²) < 4.78 is 41.4. The zero-order chi connectivity index (χ0) is 28.2. The molecule has 0 amide bonds. The van der Waals surface area contributed by atoms with E-state index in [0.29, 0.717) is 28.2 Å². The molecule has 0 unspecified atom stereocenters. The second-order valence-corrected chi connectivity index (χ2v) is 8.44. The monoisotopic (exact) mass is 526 g/mol. The summed E-state index contributed by atoms with van der Waals surface area (Å²) >= 11 is 0. The maximum atomic E-state index is 14.8. The fourth-order valence-corrected chi connectivity index (χ4v) is 2.93. The van der Waals surface area contributed by atoms with E-state index in [1.807, 2.05) is 0 Å². The van der Waals surface area contributed by atoms with Gasteiger partial charge in [0.1, 0.15) is 37.9 Å². The molecule has 2 aromatic carbocycles. The Morgan fingerprint density at radius 2 is 1.37 bits per heavy atom. The van der Waals surface area contributed by atoms with E-state index in [0.717, 1.165) is 0 Å². The van der Waals surface area contributed by atoms with Crippen molar-refractivity contribution in [2.45, 2.75) is 27.2 Å². The zero-order valence-electron chi connectivity index (χ0n) is 21.8. The first kappa shape index (κ1) is 29.8. The van der Waals surface area contributed by atoms with Gasteiger partial charge < -0.3 is 23.7 Å². The standard InChI is InChI=1S/C29H31FO8/c1-18(2)15-27(31)38-25-10-7-21(16-24(25)30)23-9-8-22(34-11-13-36-28(32)19(3)4)17-26(23)35-12-14-37-29(33)20(5)6/h7-10,16-17H,1,3,5,11-15H2,2,4,6H3. The van der Waals surface area contributed by atoms with Crippen LogP contribution in [0, 0.1) is 5.82 Å². The number of ether oxygens (including phenoxy) is 5. The highest BCUT2D eigenvalue weighted by Gasteiger charge is 2.15. The van der Waals surface area contributed by atoms with E-state index >= 15 is 0 Å². The summed E-state index contributed by atoms with van der Waals surface area (Å²) in [5.74, 6) is -1.91. The van der Waals surface area contributed by atoms with Gasteiger partial charge in [-0.15, -0.1) is 0 Å². The van der Waals surface area contributed by atoms with Crippen LogP contribution in [0.15, 0.2) is 72.9 Å². The Hall–Kier alpha value is -4.40. The van der Waals surface area contributed by atoms with Gasteiger partial charge in [-0.1, -0.05) is 31.4 Å². The molecule has 0 atom stereocenters. The van der Waals surface area contributed by atoms with Gasteiger partial charge in [0, 0.05) is 22.8 Å². The third-order valence-electron chi connectivity index (χ3n) is 4.72. The second kappa shape index (κ2) is 14.4. The van der Waals surface area contributed by atoms with Crippen LogP contribution in [0.3, 0.4) is 0 Å². The molecule has 0 heterocycles. The smallest absolute Gasteiger partial charge is 0.333 e. The van der Waals surface area contributed by atoms with Crippen LogP contribution < -0.4 is 14.2 Å². The molecule has 0 bridgehead atoms. The molecule has 0 N–H and O–H groups in total. The number of hydrogen-bond donors (Lipinski definition) is 0. The van der Waals surface area contributed by atoms with Crippen LogP contribution in [0.2, 0.25) is 0 Å². The normalized spacial score (nSPS) is 10.2. The Labute approximate surface area is 221 Å². The fraction of sp³-hybridized carbons (Fsp3) is 0.276. The van der Waals surface area contributed by atoms with Crippen LogP contribution in [-0.2, 0) is 23.9 Å². The van der Waals surface area contributed by atoms with Crippen molar-refractivity contribution in [2.24, 2.45) is 0 Å². The number of hydrogen-bond acceptors (Lipinski definition) is 8. The Morgan fingerprint density at radius 3 is 1.92 bits per heavy atom. The highest BCUT2D eigenvalue weighted by Crippen LogP contribution is 2.35. The number of esters is 3. The van der Waals surface area contributed by atoms with E-state index in [1.165, 1.54) is 19.1 Å². The number of rotatable bonds is 14. The van der Waals surface area contributed by atoms with Gasteiger partial charge in [-0.3, -0.25) is 4.79 Å². The third-order valence-corrected chi connectivity index (χ3v) is 4.72. The molecule has 9 heteroatoms. The highest BCUT2D eigenvalue weighted by molar-refractivity contribution is 5.87. The van der Waals surface area contributed by atoms with E-state index in [4.69, 9.17) is 23.7 Å². The number of benzene rings is 2. The molecule has 2 aromatic rings. The summed E-state index contributed by atoms with van der Waals surface area (Å²) in [4.78, 5) is 35.0. The Morgan fingerprint density at radius 1 is 0.763 bits per heavy atom. The van der Waals surface area contributed by atoms with Gasteiger partial charge in [0.25, 0.3) is 0 Å². The fourth-order valence-electron chi connectivity index (χ4n) is 2.93. The third kappa shape index (κ3) is 9.57. The molecule has 8 nitrogen and oxygen atoms in total. The molecule has 0 spiro atoms. The van der Waals surface area contributed by atoms with Crippen molar-refractivity contribution in [1.82, 2.24) is 0 Å². The second-order valence-electron chi connectivity index (χ2n) is 8.44. The summed E-state index contributed by atoms with van der Waals surface area (Å²) in [7, 11) is 0. The minimum atomic E-state index is -0.737. The van der Waals surface area contributed by atoms with Gasteiger partial charge in [0.05, 0.1) is 6.42 Å². The number of carbonyl (C=O) groups excluding carboxylic acids is 3. The first-order valence-corrected chi connectivity index (χ1v) is 11.7. The lowest BCUT2D eigenvalue weighted by molar-refractivity contribution is -0.140. The van der Waals surface area contributed by atoms with Gasteiger partial charge in [-0.25, -0.2) is 14.0 Å². The molecular formula is C29H31FO8. The van der Waals surface area contributed by atoms with E-state index in [2.05, 4.69) is 19.7 Å². The number of halogens is 1. The molecule has 0 aliphatic carbocycles. The van der Waals surface area contributed by atoms with Crippen molar-refractivity contribution in [3.05, 3.63) is 78.7 Å². The molecule has 0 aliphatic rings. The maximum absolute atomic E-state index is 14.8. The predicted octanol–water partition coefficient (Wildman–Crippen LogP) is 5.36. The van der Waals surface area contributed by atoms with Gasteiger partial charge in [0.2, 0.25) is 0 Å². The van der Waals surface area contributed by atoms with E-state index in [1.54, 1.807) is 38.1 Å². The summed E-state index contributed by atoms with van der Waals surface area (Å²) in [6, 6.07) is 9.02. The average molecular weight is 527 g/mol. The quantitative estimate of drug-likeness (QED) is 0.107. The summed E-state index contributed by atoms with van der Waals surface area (Å²) in [6.07, 6.45) is -0.0248. The van der Waals surface area contributed by atoms with Gasteiger partial charge in [-0.05, 0) is 50.6 Å². The molecule has 38 heavy (non-hydrogen) atoms. The first-order chi connectivity index (χ1) is 18.0. The van der Waals surface area contributed by atoms with Gasteiger partial charge >= 0.3 is 17.9 Å². The Bertz CT molecular complexity index is 1230. The molecule has 0 saturated carbocycles. The Balaban J connectivity index is 2.20. The molecular weight excluding hydrogens is 495 g/mol. The first-order valence-electron chi connectivity index (χ1n) is 11.7. The predicted molar refractivity (Wildman–Crippen MR) is 139 cm³/mol. The van der Waals surface area contributed by atoms with Crippen molar-refractivity contribution >= 4 is 17.9 Å². The van der Waals surface area contributed by atoms with Crippen molar-refractivity contribution < 1.29 is 42.5 Å². The van der Waals surface area contributed by atoms with Crippen molar-refractivity contribution in [1.29, 1.82) is 0 Å². The highest BCUT2D eigenvalue weighted by atomic mass is 19.1. The van der Waals surface area contributed by atoms with Gasteiger partial charge in [-0.2, -0.15) is 0 Å². The van der Waals surface area contributed by atoms with Crippen LogP contribution in [0.1, 0.15) is 27.2 Å². The van der Waals surface area contributed by atoms with E-state index < -0.39 is 23.7 Å². The van der Waals surface area contributed by atoms with Gasteiger partial charge in [0.15, 0.2) is 11.6 Å². The van der Waals surface area contributed by atoms with Crippen molar-refractivity contribution in [2.75, 3.05) is 26.4 Å². The largest absolute Gasteiger partial charge is 0.490 e. The summed E-state index contributed by atoms with van der Waals surface area (Å²) in [5, 5.41) is 0. The SMILES string of the molecule is C=C(C)CC(=O)Oc1ccc(-c2ccc(OCCOC(=O)C(=C)C)cc2OCCOC(=O)C(=C)C)cc1F. The van der Waals surface area contributed by atoms with Crippen LogP contribution in [-0.4, -0.2) is 44.3 Å². The summed E-state index contributed by atoms with van der Waals surface area (Å²) in [6.45, 7) is 15.5. The van der Waals surface area contributed by atoms with Crippen molar-refractivity contribution in [3.63, 3.8) is 0 Å². The molecule has 0 radical (unpaired) electrons. The van der Waals surface area contributed by atoms with Crippen LogP contribution in [0.4, 0.5) is 4.39 Å². The average Bonchev–Trinajstić information content (AvgIpc) is 2.85. The molecule has 0 aliphatic heterocycles. The molecule has 0 fully saturated rings. The van der Waals surface area contributed by atoms with Crippen LogP contribution in [0.5, 0.6) is 17.2 Å². The minimum Gasteiger partial charge on any atom is -0.490 e. The molecule has 2 rings (SSSR count). The lowest BCUT2D eigenvalue weighted by Crippen LogP contribution is -2.13. The minimum absolute atomic E-state index is 0.00474. The number of carbonyl (C=O) groups is 3. The molecule has 0 aromatic heterocycles. The zero-order valence-corrected chi connectivity index (χ0v) is 21.8. The van der Waals surface area contributed by atoms with Crippen molar-refractivity contribution in [3.8, 4) is 28.4 Å². The van der Waals surface area contributed by atoms with E-state index in [9.17, 15) is 18.8 Å². The van der Waals surface area contributed by atoms with Crippen LogP contribution >= 0.6 is 0 Å². The summed E-state index contributed by atoms with van der Waals surface area (Å²) in [5.41, 5.74) is 2.09. The maximum Gasteiger partial charge on any atom is 0.333 e. The molecule has 202 valence electrons. The van der Waals surface area contributed by atoms with Crippen LogP contribution in [0.25, 0.3) is 11.1 Å². The van der Waals surface area contributed by atoms with E-state index in [-0.39, 0.29) is 49.7 Å².